The van der Waals surface area contributed by atoms with Crippen LogP contribution in [0.25, 0.3) is 0 Å². The van der Waals surface area contributed by atoms with Crippen molar-refractivity contribution in [3.63, 3.8) is 0 Å². The maximum Gasteiger partial charge on any atom is 0.0929 e. The molecule has 0 fully saturated rings. The van der Waals surface area contributed by atoms with E-state index in [1.54, 1.807) is 11.3 Å². The van der Waals surface area contributed by atoms with E-state index in [0.717, 1.165) is 37.9 Å². The highest BCUT2D eigenvalue weighted by Gasteiger charge is 2.06. The van der Waals surface area contributed by atoms with Crippen molar-refractivity contribution in [2.75, 3.05) is 0 Å². The smallest absolute Gasteiger partial charge is 0.0929 e. The highest BCUT2D eigenvalue weighted by molar-refractivity contribution is 7.09. The van der Waals surface area contributed by atoms with Crippen molar-refractivity contribution < 1.29 is 0 Å². The Morgan fingerprint density at radius 3 is 2.74 bits per heavy atom. The topological polar surface area (TPSA) is 30.7 Å². The molecule has 0 N–H and O–H groups in total. The van der Waals surface area contributed by atoms with Crippen molar-refractivity contribution in [3.8, 4) is 0 Å². The SMILES string of the molecule is CCc1cc(CC)n(CCCc2nc(CCl)cs2)n1. The summed E-state index contributed by atoms with van der Waals surface area (Å²) in [6.45, 7) is 5.30. The van der Waals surface area contributed by atoms with Crippen molar-refractivity contribution in [3.05, 3.63) is 33.5 Å². The summed E-state index contributed by atoms with van der Waals surface area (Å²) in [6.07, 6.45) is 4.13. The molecule has 0 aliphatic heterocycles. The van der Waals surface area contributed by atoms with Gasteiger partial charge >= 0.3 is 0 Å². The molecule has 5 heteroatoms. The number of thiazole rings is 1. The van der Waals surface area contributed by atoms with E-state index in [-0.39, 0.29) is 0 Å². The molecule has 0 unspecified atom stereocenters. The first-order chi connectivity index (χ1) is 9.26. The number of hydrogen-bond acceptors (Lipinski definition) is 3. The number of nitrogens with zero attached hydrogens (tertiary/aromatic N) is 3. The Morgan fingerprint density at radius 2 is 2.11 bits per heavy atom. The largest absolute Gasteiger partial charge is 0.269 e. The third-order valence-electron chi connectivity index (χ3n) is 3.14. The second kappa shape index (κ2) is 7.06. The molecule has 2 aromatic rings. The van der Waals surface area contributed by atoms with E-state index in [2.05, 4.69) is 34.7 Å². The predicted molar refractivity (Wildman–Crippen MR) is 81.0 cm³/mol. The Hall–Kier alpha value is -0.870. The Labute approximate surface area is 123 Å². The van der Waals surface area contributed by atoms with Crippen LogP contribution in [-0.2, 0) is 31.7 Å². The fourth-order valence-corrected chi connectivity index (χ4v) is 3.14. The summed E-state index contributed by atoms with van der Waals surface area (Å²) < 4.78 is 2.15. The number of rotatable bonds is 7. The van der Waals surface area contributed by atoms with Crippen LogP contribution in [0.3, 0.4) is 0 Å². The number of aromatic nitrogens is 3. The van der Waals surface area contributed by atoms with E-state index in [0.29, 0.717) is 5.88 Å². The molecular weight excluding hydrogens is 278 g/mol. The molecular formula is C14H20ClN3S. The molecule has 3 nitrogen and oxygen atoms in total. The molecule has 0 radical (unpaired) electrons. The Kier molecular flexibility index (Phi) is 5.40. The monoisotopic (exact) mass is 297 g/mol. The van der Waals surface area contributed by atoms with E-state index >= 15 is 0 Å². The lowest BCUT2D eigenvalue weighted by atomic mass is 10.2. The summed E-state index contributed by atoms with van der Waals surface area (Å²) in [5.74, 6) is 0.509. The molecule has 0 saturated heterocycles. The van der Waals surface area contributed by atoms with Crippen LogP contribution in [-0.4, -0.2) is 14.8 Å². The van der Waals surface area contributed by atoms with Crippen molar-refractivity contribution in [1.82, 2.24) is 14.8 Å². The molecule has 104 valence electrons. The third-order valence-corrected chi connectivity index (χ3v) is 4.37. The maximum absolute atomic E-state index is 5.76. The summed E-state index contributed by atoms with van der Waals surface area (Å²) in [6, 6.07) is 2.22. The van der Waals surface area contributed by atoms with E-state index in [1.165, 1.54) is 16.4 Å². The Balaban J connectivity index is 1.89. The van der Waals surface area contributed by atoms with E-state index < -0.39 is 0 Å². The molecule has 2 heterocycles. The molecule has 0 saturated carbocycles. The van der Waals surface area contributed by atoms with Gasteiger partial charge in [0.05, 0.1) is 22.3 Å². The van der Waals surface area contributed by atoms with Gasteiger partial charge in [0.1, 0.15) is 0 Å². The number of aryl methyl sites for hydroxylation is 4. The minimum atomic E-state index is 0.509. The number of alkyl halides is 1. The van der Waals surface area contributed by atoms with Gasteiger partial charge in [0.2, 0.25) is 0 Å². The molecule has 2 rings (SSSR count). The quantitative estimate of drug-likeness (QED) is 0.727. The minimum Gasteiger partial charge on any atom is -0.269 e. The van der Waals surface area contributed by atoms with Crippen LogP contribution in [0.15, 0.2) is 11.4 Å². The van der Waals surface area contributed by atoms with Gasteiger partial charge < -0.3 is 0 Å². The van der Waals surface area contributed by atoms with Gasteiger partial charge in [-0.3, -0.25) is 4.68 Å². The van der Waals surface area contributed by atoms with Gasteiger partial charge in [0, 0.05) is 24.0 Å². The van der Waals surface area contributed by atoms with Gasteiger partial charge in [-0.1, -0.05) is 13.8 Å². The van der Waals surface area contributed by atoms with Crippen LogP contribution in [0.2, 0.25) is 0 Å². The van der Waals surface area contributed by atoms with Crippen molar-refractivity contribution in [2.45, 2.75) is 52.0 Å². The Morgan fingerprint density at radius 1 is 1.26 bits per heavy atom. The highest BCUT2D eigenvalue weighted by atomic mass is 35.5. The van der Waals surface area contributed by atoms with Crippen molar-refractivity contribution in [1.29, 1.82) is 0 Å². The van der Waals surface area contributed by atoms with Crippen LogP contribution in [0.1, 0.15) is 42.4 Å². The second-order valence-corrected chi connectivity index (χ2v) is 5.74. The molecule has 0 aromatic carbocycles. The van der Waals surface area contributed by atoms with Gasteiger partial charge in [-0.05, 0) is 25.3 Å². The molecule has 0 amide bonds. The molecule has 19 heavy (non-hydrogen) atoms. The first kappa shape index (κ1) is 14.5. The van der Waals surface area contributed by atoms with Crippen LogP contribution in [0, 0.1) is 0 Å². The molecule has 0 aliphatic carbocycles. The fourth-order valence-electron chi connectivity index (χ4n) is 2.07. The third kappa shape index (κ3) is 3.80. The maximum atomic E-state index is 5.76. The number of hydrogen-bond donors (Lipinski definition) is 0. The van der Waals surface area contributed by atoms with Crippen LogP contribution in [0.5, 0.6) is 0 Å². The fraction of sp³-hybridized carbons (Fsp3) is 0.571. The van der Waals surface area contributed by atoms with E-state index in [4.69, 9.17) is 11.6 Å². The van der Waals surface area contributed by atoms with Crippen molar-refractivity contribution >= 4 is 22.9 Å². The molecule has 0 aliphatic rings. The van der Waals surface area contributed by atoms with Crippen LogP contribution in [0.4, 0.5) is 0 Å². The minimum absolute atomic E-state index is 0.509. The average Bonchev–Trinajstić information content (AvgIpc) is 3.05. The van der Waals surface area contributed by atoms with Gasteiger partial charge in [-0.25, -0.2) is 4.98 Å². The summed E-state index contributed by atoms with van der Waals surface area (Å²) >= 11 is 7.46. The highest BCUT2D eigenvalue weighted by Crippen LogP contribution is 2.14. The lowest BCUT2D eigenvalue weighted by Gasteiger charge is -2.04. The predicted octanol–water partition coefficient (Wildman–Crippen LogP) is 3.84. The van der Waals surface area contributed by atoms with Crippen molar-refractivity contribution in [2.24, 2.45) is 0 Å². The van der Waals surface area contributed by atoms with Crippen LogP contribution < -0.4 is 0 Å². The number of halogens is 1. The zero-order valence-electron chi connectivity index (χ0n) is 11.5. The average molecular weight is 298 g/mol. The van der Waals surface area contributed by atoms with Crippen LogP contribution >= 0.6 is 22.9 Å². The molecule has 0 spiro atoms. The summed E-state index contributed by atoms with van der Waals surface area (Å²) in [4.78, 5) is 4.48. The zero-order valence-corrected chi connectivity index (χ0v) is 13.1. The molecule has 0 atom stereocenters. The van der Waals surface area contributed by atoms with Gasteiger partial charge in [-0.15, -0.1) is 22.9 Å². The lowest BCUT2D eigenvalue weighted by molar-refractivity contribution is 0.551. The molecule has 2 aromatic heterocycles. The summed E-state index contributed by atoms with van der Waals surface area (Å²) in [5.41, 5.74) is 3.51. The Bertz CT molecular complexity index is 518. The van der Waals surface area contributed by atoms with Gasteiger partial charge in [-0.2, -0.15) is 5.10 Å². The second-order valence-electron chi connectivity index (χ2n) is 4.53. The first-order valence-corrected chi connectivity index (χ1v) is 8.23. The zero-order chi connectivity index (χ0) is 13.7. The standard InChI is InChI=1S/C14H20ClN3S/c1-3-11-8-13(4-2)18(17-11)7-5-6-14-16-12(9-15)10-19-14/h8,10H,3-7,9H2,1-2H3. The molecule has 0 bridgehead atoms. The lowest BCUT2D eigenvalue weighted by Crippen LogP contribution is -2.05. The van der Waals surface area contributed by atoms with E-state index in [1.807, 2.05) is 5.38 Å². The van der Waals surface area contributed by atoms with E-state index in [9.17, 15) is 0 Å². The van der Waals surface area contributed by atoms with Gasteiger partial charge in [0.25, 0.3) is 0 Å². The summed E-state index contributed by atoms with van der Waals surface area (Å²) in [5, 5.41) is 7.85. The van der Waals surface area contributed by atoms with Gasteiger partial charge in [0.15, 0.2) is 0 Å². The summed E-state index contributed by atoms with van der Waals surface area (Å²) in [7, 11) is 0. The normalized spacial score (nSPS) is 11.1. The first-order valence-electron chi connectivity index (χ1n) is 6.81.